The molecule has 0 atom stereocenters. The van der Waals surface area contributed by atoms with Gasteiger partial charge in [0.2, 0.25) is 0 Å². The van der Waals surface area contributed by atoms with E-state index < -0.39 is 9.84 Å². The number of methoxy groups -OCH3 is 1. The number of benzene rings is 4. The lowest BCUT2D eigenvalue weighted by Gasteiger charge is -2.13. The number of fused-ring (bicyclic) bond motifs is 1. The van der Waals surface area contributed by atoms with Crippen molar-refractivity contribution in [2.45, 2.75) is 17.9 Å². The monoisotopic (exact) mass is 748 g/mol. The fourth-order valence-electron chi connectivity index (χ4n) is 4.90. The molecule has 0 fully saturated rings. The van der Waals surface area contributed by atoms with Crippen LogP contribution in [0.15, 0.2) is 106 Å². The first-order chi connectivity index (χ1) is 23.3. The first-order valence-electron chi connectivity index (χ1n) is 14.9. The van der Waals surface area contributed by atoms with Gasteiger partial charge in [-0.25, -0.2) is 27.8 Å². The average molecular weight is 750 g/mol. The molecule has 6 aromatic rings. The van der Waals surface area contributed by atoms with Crippen LogP contribution >= 0.6 is 27.3 Å². The van der Waals surface area contributed by atoms with Crippen LogP contribution in [-0.2, 0) is 27.6 Å². The summed E-state index contributed by atoms with van der Waals surface area (Å²) in [6.07, 6.45) is 2.03. The summed E-state index contributed by atoms with van der Waals surface area (Å²) in [4.78, 5) is 14.1. The van der Waals surface area contributed by atoms with Gasteiger partial charge in [-0.15, -0.1) is 11.3 Å². The van der Waals surface area contributed by atoms with Crippen LogP contribution in [0.3, 0.4) is 0 Å². The van der Waals surface area contributed by atoms with Crippen LogP contribution in [0.1, 0.15) is 10.6 Å². The molecule has 0 aliphatic rings. The molecule has 0 amide bonds. The van der Waals surface area contributed by atoms with Crippen molar-refractivity contribution in [2.75, 3.05) is 31.4 Å². The van der Waals surface area contributed by atoms with Crippen molar-refractivity contribution in [3.8, 4) is 22.8 Å². The Kier molecular flexibility index (Phi) is 10.6. The van der Waals surface area contributed by atoms with Gasteiger partial charge in [-0.1, -0.05) is 30.3 Å². The summed E-state index contributed by atoms with van der Waals surface area (Å²) >= 11 is 5.07. The predicted octanol–water partition coefficient (Wildman–Crippen LogP) is 8.02. The molecule has 246 valence electrons. The van der Waals surface area contributed by atoms with Gasteiger partial charge in [0.25, 0.3) is 0 Å². The number of sulfone groups is 1. The van der Waals surface area contributed by atoms with Gasteiger partial charge in [-0.05, 0) is 70.0 Å². The van der Waals surface area contributed by atoms with Crippen LogP contribution < -0.4 is 14.8 Å². The number of hydrogen-bond donors (Lipinski definition) is 1. The van der Waals surface area contributed by atoms with Gasteiger partial charge < -0.3 is 19.5 Å². The van der Waals surface area contributed by atoms with E-state index in [0.29, 0.717) is 40.8 Å². The molecular weight excluding hydrogens is 719 g/mol. The largest absolute Gasteiger partial charge is 0.496 e. The van der Waals surface area contributed by atoms with Gasteiger partial charge in [0.05, 0.1) is 51.7 Å². The number of halogens is 2. The van der Waals surface area contributed by atoms with Gasteiger partial charge in [0, 0.05) is 34.5 Å². The fraction of sp³-hybridized carbons (Fsp3) is 0.171. The van der Waals surface area contributed by atoms with Crippen LogP contribution in [0.25, 0.3) is 22.2 Å². The highest BCUT2D eigenvalue weighted by molar-refractivity contribution is 9.10. The highest BCUT2D eigenvalue weighted by Crippen LogP contribution is 2.37. The zero-order valence-electron chi connectivity index (χ0n) is 25.7. The Labute approximate surface area is 289 Å². The van der Waals surface area contributed by atoms with Crippen LogP contribution in [0.4, 0.5) is 15.9 Å². The standard InChI is InChI=1S/C35H30BrFN4O5S2/c1-44-33-19-30-28(18-27(33)31-21-47-34(41-31)12-13-45-14-15-48(42,43)26-8-3-2-4-9-26)35(39-22-38-30)40-25-10-11-32(29(36)17-25)46-20-23-6-5-7-24(37)16-23/h2-11,16-19,21-22H,12-15,20H2,1H3,(H,38,39,40). The molecule has 2 heterocycles. The van der Waals surface area contributed by atoms with Crippen LogP contribution in [0, 0.1) is 5.82 Å². The normalized spacial score (nSPS) is 11.5. The number of rotatable bonds is 14. The molecule has 0 bridgehead atoms. The molecule has 9 nitrogen and oxygen atoms in total. The third-order valence-electron chi connectivity index (χ3n) is 7.32. The molecule has 0 aliphatic heterocycles. The number of nitrogens with one attached hydrogen (secondary N) is 1. The lowest BCUT2D eigenvalue weighted by molar-refractivity contribution is 0.152. The van der Waals surface area contributed by atoms with E-state index in [1.165, 1.54) is 29.8 Å². The zero-order valence-corrected chi connectivity index (χ0v) is 28.9. The highest BCUT2D eigenvalue weighted by Gasteiger charge is 2.17. The van der Waals surface area contributed by atoms with Crippen molar-refractivity contribution in [3.05, 3.63) is 117 Å². The minimum atomic E-state index is -3.39. The molecule has 13 heteroatoms. The predicted molar refractivity (Wildman–Crippen MR) is 188 cm³/mol. The van der Waals surface area contributed by atoms with Crippen molar-refractivity contribution in [2.24, 2.45) is 0 Å². The fourth-order valence-corrected chi connectivity index (χ4v) is 7.32. The Bertz CT molecular complexity index is 2150. The number of anilines is 2. The van der Waals surface area contributed by atoms with Gasteiger partial charge in [0.1, 0.15) is 36.1 Å². The molecule has 0 aliphatic carbocycles. The van der Waals surface area contributed by atoms with Crippen LogP contribution in [-0.4, -0.2) is 49.4 Å². The summed E-state index contributed by atoms with van der Waals surface area (Å²) < 4.78 is 56.5. The molecule has 6 rings (SSSR count). The van der Waals surface area contributed by atoms with E-state index in [0.717, 1.165) is 37.4 Å². The summed E-state index contributed by atoms with van der Waals surface area (Å²) in [5.74, 6) is 1.44. The quantitative estimate of drug-likeness (QED) is 0.111. The van der Waals surface area contributed by atoms with Gasteiger partial charge in [-0.3, -0.25) is 0 Å². The van der Waals surface area contributed by atoms with E-state index in [2.05, 4.69) is 31.2 Å². The minimum absolute atomic E-state index is 0.0850. The second-order valence-electron chi connectivity index (χ2n) is 10.6. The SMILES string of the molecule is COc1cc2ncnc(Nc3ccc(OCc4cccc(F)c4)c(Br)c3)c2cc1-c1csc(CCOCCS(=O)(=O)c2ccccc2)n1. The molecule has 4 aromatic carbocycles. The van der Waals surface area contributed by atoms with Crippen LogP contribution in [0.2, 0.25) is 0 Å². The molecule has 0 unspecified atom stereocenters. The number of nitrogens with zero attached hydrogens (tertiary/aromatic N) is 3. The Morgan fingerprint density at radius 3 is 2.58 bits per heavy atom. The van der Waals surface area contributed by atoms with E-state index in [4.69, 9.17) is 19.2 Å². The van der Waals surface area contributed by atoms with E-state index in [1.54, 1.807) is 43.5 Å². The zero-order chi connectivity index (χ0) is 33.5. The van der Waals surface area contributed by atoms with Crippen molar-refractivity contribution >= 4 is 59.5 Å². The Balaban J connectivity index is 1.13. The molecule has 2 aromatic heterocycles. The number of hydrogen-bond acceptors (Lipinski definition) is 10. The summed E-state index contributed by atoms with van der Waals surface area (Å²) in [7, 11) is -1.79. The molecule has 1 N–H and O–H groups in total. The minimum Gasteiger partial charge on any atom is -0.496 e. The first-order valence-corrected chi connectivity index (χ1v) is 18.2. The summed E-state index contributed by atoms with van der Waals surface area (Å²) in [6, 6.07) is 24.0. The third-order valence-corrected chi connectivity index (χ3v) is 10.5. The Morgan fingerprint density at radius 1 is 0.938 bits per heavy atom. The lowest BCUT2D eigenvalue weighted by Crippen LogP contribution is -2.13. The topological polar surface area (TPSA) is 113 Å². The number of aromatic nitrogens is 3. The summed E-state index contributed by atoms with van der Waals surface area (Å²) in [6.45, 7) is 0.678. The summed E-state index contributed by atoms with van der Waals surface area (Å²) in [5.41, 5.74) is 3.71. The van der Waals surface area contributed by atoms with Crippen molar-refractivity contribution in [1.29, 1.82) is 0 Å². The Hall–Kier alpha value is -4.43. The Morgan fingerprint density at radius 2 is 1.79 bits per heavy atom. The molecular formula is C35H30BrFN4O5S2. The smallest absolute Gasteiger partial charge is 0.180 e. The average Bonchev–Trinajstić information content (AvgIpc) is 3.56. The molecule has 48 heavy (non-hydrogen) atoms. The molecule has 0 saturated heterocycles. The second kappa shape index (κ2) is 15.2. The summed E-state index contributed by atoms with van der Waals surface area (Å²) in [5, 5.41) is 6.95. The van der Waals surface area contributed by atoms with E-state index >= 15 is 0 Å². The third kappa shape index (κ3) is 8.16. The molecule has 0 spiro atoms. The molecule has 0 radical (unpaired) electrons. The van der Waals surface area contributed by atoms with Gasteiger partial charge in [0.15, 0.2) is 9.84 Å². The van der Waals surface area contributed by atoms with Crippen molar-refractivity contribution in [3.63, 3.8) is 0 Å². The first kappa shape index (κ1) is 33.5. The van der Waals surface area contributed by atoms with Gasteiger partial charge >= 0.3 is 0 Å². The lowest BCUT2D eigenvalue weighted by atomic mass is 10.1. The van der Waals surface area contributed by atoms with Crippen molar-refractivity contribution in [1.82, 2.24) is 15.0 Å². The number of thiazole rings is 1. The molecule has 0 saturated carbocycles. The van der Waals surface area contributed by atoms with Gasteiger partial charge in [-0.2, -0.15) is 0 Å². The van der Waals surface area contributed by atoms with Crippen molar-refractivity contribution < 1.29 is 27.0 Å². The number of ether oxygens (including phenoxy) is 3. The maximum Gasteiger partial charge on any atom is 0.180 e. The van der Waals surface area contributed by atoms with Crippen LogP contribution in [0.5, 0.6) is 11.5 Å². The maximum absolute atomic E-state index is 13.5. The highest BCUT2D eigenvalue weighted by atomic mass is 79.9. The van der Waals surface area contributed by atoms with E-state index in [1.807, 2.05) is 41.8 Å². The van der Waals surface area contributed by atoms with E-state index in [-0.39, 0.29) is 24.8 Å². The second-order valence-corrected chi connectivity index (χ2v) is 14.5. The van der Waals surface area contributed by atoms with E-state index in [9.17, 15) is 12.8 Å². The maximum atomic E-state index is 13.5.